The summed E-state index contributed by atoms with van der Waals surface area (Å²) in [6.45, 7) is 0.327. The van der Waals surface area contributed by atoms with Crippen LogP contribution in [0, 0.1) is 5.82 Å². The molecule has 100 valence electrons. The summed E-state index contributed by atoms with van der Waals surface area (Å²) < 4.78 is 18.0. The summed E-state index contributed by atoms with van der Waals surface area (Å²) in [5.74, 6) is -0.742. The van der Waals surface area contributed by atoms with Gasteiger partial charge in [-0.2, -0.15) is 0 Å². The lowest BCUT2D eigenvalue weighted by Crippen LogP contribution is -2.01. The molecule has 1 heterocycles. The number of methoxy groups -OCH3 is 1. The predicted molar refractivity (Wildman–Crippen MR) is 73.8 cm³/mol. The van der Waals surface area contributed by atoms with Crippen molar-refractivity contribution in [2.75, 3.05) is 18.2 Å². The topological polar surface area (TPSA) is 64.3 Å². The highest BCUT2D eigenvalue weighted by Gasteiger charge is 2.14. The Morgan fingerprint density at radius 1 is 1.47 bits per heavy atom. The second-order valence-electron chi connectivity index (χ2n) is 3.83. The summed E-state index contributed by atoms with van der Waals surface area (Å²) in [6.07, 6.45) is 0. The molecule has 6 heteroatoms. The second kappa shape index (κ2) is 5.71. The molecule has 0 bridgehead atoms. The molecule has 0 radical (unpaired) electrons. The van der Waals surface area contributed by atoms with Gasteiger partial charge in [-0.25, -0.2) is 9.18 Å². The van der Waals surface area contributed by atoms with Crippen molar-refractivity contribution in [2.45, 2.75) is 6.54 Å². The van der Waals surface area contributed by atoms with Crippen LogP contribution >= 0.6 is 11.3 Å². The smallest absolute Gasteiger partial charge is 0.350 e. The zero-order valence-electron chi connectivity index (χ0n) is 10.3. The van der Waals surface area contributed by atoms with Crippen molar-refractivity contribution in [2.24, 2.45) is 0 Å². The van der Waals surface area contributed by atoms with Crippen LogP contribution in [0.4, 0.5) is 15.1 Å². The third kappa shape index (κ3) is 3.03. The number of carbonyl (C=O) groups excluding carboxylic acids is 1. The maximum Gasteiger partial charge on any atom is 0.350 e. The molecule has 0 atom stereocenters. The molecule has 0 saturated heterocycles. The van der Waals surface area contributed by atoms with Gasteiger partial charge in [0, 0.05) is 12.1 Å². The molecule has 0 amide bonds. The highest BCUT2D eigenvalue weighted by molar-refractivity contribution is 7.18. The van der Waals surface area contributed by atoms with Gasteiger partial charge in [-0.05, 0) is 12.1 Å². The molecule has 2 rings (SSSR count). The van der Waals surface area contributed by atoms with Gasteiger partial charge in [0.2, 0.25) is 0 Å². The summed E-state index contributed by atoms with van der Waals surface area (Å²) >= 11 is 1.18. The van der Waals surface area contributed by atoms with Gasteiger partial charge in [-0.1, -0.05) is 18.2 Å². The quantitative estimate of drug-likeness (QED) is 0.845. The zero-order chi connectivity index (χ0) is 13.8. The second-order valence-corrected chi connectivity index (χ2v) is 4.88. The Kier molecular flexibility index (Phi) is 4.01. The van der Waals surface area contributed by atoms with Gasteiger partial charge in [0.25, 0.3) is 0 Å². The Morgan fingerprint density at radius 3 is 2.89 bits per heavy atom. The summed E-state index contributed by atoms with van der Waals surface area (Å²) in [5.41, 5.74) is 6.62. The SMILES string of the molecule is COC(=O)c1sc(NCc2ccccc2F)cc1N. The summed E-state index contributed by atoms with van der Waals surface area (Å²) in [4.78, 5) is 11.7. The number of thiophene rings is 1. The number of nitrogens with two attached hydrogens (primary N) is 1. The molecule has 1 aromatic carbocycles. The summed E-state index contributed by atoms with van der Waals surface area (Å²) in [5, 5.41) is 3.73. The molecular formula is C13H13FN2O2S. The first-order valence-electron chi connectivity index (χ1n) is 5.56. The molecule has 0 saturated carbocycles. The summed E-state index contributed by atoms with van der Waals surface area (Å²) in [7, 11) is 1.30. The standard InChI is InChI=1S/C13H13FN2O2S/c1-18-13(17)12-10(15)6-11(19-12)16-7-8-4-2-3-5-9(8)14/h2-6,16H,7,15H2,1H3. The number of nitrogen functional groups attached to an aromatic ring is 1. The number of hydrogen-bond donors (Lipinski definition) is 2. The van der Waals surface area contributed by atoms with Gasteiger partial charge in [0.1, 0.15) is 10.7 Å². The maximum absolute atomic E-state index is 13.4. The van der Waals surface area contributed by atoms with Gasteiger partial charge in [-0.15, -0.1) is 11.3 Å². The first-order valence-corrected chi connectivity index (χ1v) is 6.38. The number of halogens is 1. The van der Waals surface area contributed by atoms with Gasteiger partial charge in [0.05, 0.1) is 17.8 Å². The van der Waals surface area contributed by atoms with Crippen LogP contribution in [0.5, 0.6) is 0 Å². The number of hydrogen-bond acceptors (Lipinski definition) is 5. The van der Waals surface area contributed by atoms with Crippen LogP contribution in [0.1, 0.15) is 15.2 Å². The Balaban J connectivity index is 2.09. The van der Waals surface area contributed by atoms with Crippen molar-refractivity contribution >= 4 is 28.0 Å². The van der Waals surface area contributed by atoms with Crippen molar-refractivity contribution in [3.05, 3.63) is 46.6 Å². The summed E-state index contributed by atoms with van der Waals surface area (Å²) in [6, 6.07) is 8.14. The minimum Gasteiger partial charge on any atom is -0.465 e. The van der Waals surface area contributed by atoms with E-state index < -0.39 is 5.97 Å². The number of nitrogens with one attached hydrogen (secondary N) is 1. The Bertz CT molecular complexity index is 598. The molecule has 0 aliphatic carbocycles. The molecule has 3 N–H and O–H groups in total. The van der Waals surface area contributed by atoms with E-state index in [1.165, 1.54) is 24.5 Å². The van der Waals surface area contributed by atoms with Crippen molar-refractivity contribution in [1.29, 1.82) is 0 Å². The monoisotopic (exact) mass is 280 g/mol. The largest absolute Gasteiger partial charge is 0.465 e. The van der Waals surface area contributed by atoms with Crippen molar-refractivity contribution in [3.8, 4) is 0 Å². The number of anilines is 2. The van der Waals surface area contributed by atoms with Gasteiger partial charge >= 0.3 is 5.97 Å². The lowest BCUT2D eigenvalue weighted by molar-refractivity contribution is 0.0607. The molecule has 0 fully saturated rings. The third-order valence-electron chi connectivity index (χ3n) is 2.54. The van der Waals surface area contributed by atoms with Crippen LogP contribution < -0.4 is 11.1 Å². The van der Waals surface area contributed by atoms with Crippen LogP contribution in [0.3, 0.4) is 0 Å². The average molecular weight is 280 g/mol. The number of carbonyl (C=O) groups is 1. The molecule has 0 unspecified atom stereocenters. The molecular weight excluding hydrogens is 267 g/mol. The minimum atomic E-state index is -0.471. The van der Waals surface area contributed by atoms with Gasteiger partial charge in [0.15, 0.2) is 0 Å². The predicted octanol–water partition coefficient (Wildman–Crippen LogP) is 2.87. The molecule has 19 heavy (non-hydrogen) atoms. The fraction of sp³-hybridized carbons (Fsp3) is 0.154. The fourth-order valence-electron chi connectivity index (χ4n) is 1.57. The van der Waals surface area contributed by atoms with Crippen LogP contribution in [-0.2, 0) is 11.3 Å². The van der Waals surface area contributed by atoms with Crippen molar-refractivity contribution in [3.63, 3.8) is 0 Å². The maximum atomic E-state index is 13.4. The van der Waals surface area contributed by atoms with E-state index >= 15 is 0 Å². The Labute approximate surface area is 114 Å². The number of benzene rings is 1. The van der Waals surface area contributed by atoms with E-state index in [-0.39, 0.29) is 5.82 Å². The number of esters is 1. The molecule has 0 spiro atoms. The van der Waals surface area contributed by atoms with E-state index in [0.29, 0.717) is 27.7 Å². The fourth-order valence-corrected chi connectivity index (χ4v) is 2.46. The van der Waals surface area contributed by atoms with Gasteiger partial charge in [-0.3, -0.25) is 0 Å². The van der Waals surface area contributed by atoms with E-state index in [4.69, 9.17) is 5.73 Å². The van der Waals surface area contributed by atoms with E-state index in [9.17, 15) is 9.18 Å². The van der Waals surface area contributed by atoms with Crippen LogP contribution in [0.15, 0.2) is 30.3 Å². The molecule has 0 aliphatic rings. The van der Waals surface area contributed by atoms with Crippen molar-refractivity contribution in [1.82, 2.24) is 0 Å². The lowest BCUT2D eigenvalue weighted by Gasteiger charge is -2.04. The molecule has 4 nitrogen and oxygen atoms in total. The number of rotatable bonds is 4. The zero-order valence-corrected chi connectivity index (χ0v) is 11.1. The first-order chi connectivity index (χ1) is 9.11. The normalized spacial score (nSPS) is 10.2. The van der Waals surface area contributed by atoms with E-state index in [1.54, 1.807) is 24.3 Å². The Hall–Kier alpha value is -2.08. The molecule has 0 aliphatic heterocycles. The molecule has 1 aromatic heterocycles. The highest BCUT2D eigenvalue weighted by atomic mass is 32.1. The first kappa shape index (κ1) is 13.4. The lowest BCUT2D eigenvalue weighted by atomic mass is 10.2. The molecule has 2 aromatic rings. The van der Waals surface area contributed by atoms with Crippen LogP contribution in [-0.4, -0.2) is 13.1 Å². The van der Waals surface area contributed by atoms with Crippen LogP contribution in [0.25, 0.3) is 0 Å². The van der Waals surface area contributed by atoms with Gasteiger partial charge < -0.3 is 15.8 Å². The van der Waals surface area contributed by atoms with Crippen LogP contribution in [0.2, 0.25) is 0 Å². The van der Waals surface area contributed by atoms with Crippen molar-refractivity contribution < 1.29 is 13.9 Å². The van der Waals surface area contributed by atoms with E-state index in [1.807, 2.05) is 0 Å². The van der Waals surface area contributed by atoms with E-state index in [0.717, 1.165) is 0 Å². The number of ether oxygens (including phenoxy) is 1. The Morgan fingerprint density at radius 2 is 2.21 bits per heavy atom. The average Bonchev–Trinajstić information content (AvgIpc) is 2.78. The minimum absolute atomic E-state index is 0.271. The van der Waals surface area contributed by atoms with E-state index in [2.05, 4.69) is 10.1 Å². The third-order valence-corrected chi connectivity index (χ3v) is 3.63. The highest BCUT2D eigenvalue weighted by Crippen LogP contribution is 2.30.